The Balaban J connectivity index is 1.78. The van der Waals surface area contributed by atoms with E-state index in [9.17, 15) is 9.59 Å². The molecule has 1 fully saturated rings. The first kappa shape index (κ1) is 19.6. The third-order valence-electron chi connectivity index (χ3n) is 4.63. The number of ether oxygens (including phenoxy) is 1. The molecule has 1 amide bonds. The summed E-state index contributed by atoms with van der Waals surface area (Å²) in [5.41, 5.74) is 1.14. The molecule has 0 atom stereocenters. The number of nitrogens with zero attached hydrogens (tertiary/aromatic N) is 4. The molecule has 0 aliphatic carbocycles. The van der Waals surface area contributed by atoms with Gasteiger partial charge in [0, 0.05) is 24.7 Å². The molecule has 1 aliphatic heterocycles. The summed E-state index contributed by atoms with van der Waals surface area (Å²) in [5, 5.41) is 14.4. The van der Waals surface area contributed by atoms with Crippen LogP contribution in [0.15, 0.2) is 33.3 Å². The Labute approximate surface area is 161 Å². The van der Waals surface area contributed by atoms with Gasteiger partial charge in [-0.3, -0.25) is 9.98 Å². The number of piperidine rings is 1. The average molecular weight is 387 g/mol. The number of rotatable bonds is 2. The first-order valence-electron chi connectivity index (χ1n) is 9.11. The summed E-state index contributed by atoms with van der Waals surface area (Å²) in [6.45, 7) is 6.57. The number of benzene rings is 1. The van der Waals surface area contributed by atoms with Crippen LogP contribution < -0.4 is 11.5 Å². The third kappa shape index (κ3) is 4.05. The van der Waals surface area contributed by atoms with Crippen LogP contribution in [0.2, 0.25) is 0 Å². The fourth-order valence-corrected chi connectivity index (χ4v) is 3.39. The number of imidazole rings is 1. The Hall–Kier alpha value is -3.17. The van der Waals surface area contributed by atoms with Crippen molar-refractivity contribution in [2.45, 2.75) is 45.3 Å². The summed E-state index contributed by atoms with van der Waals surface area (Å²) < 4.78 is 7.14. The zero-order chi connectivity index (χ0) is 20.5. The monoisotopic (exact) mass is 387 g/mol. The molecule has 1 aliphatic rings. The third-order valence-corrected chi connectivity index (χ3v) is 4.63. The maximum absolute atomic E-state index is 12.5. The molecule has 1 aromatic carbocycles. The number of aromatic amines is 1. The summed E-state index contributed by atoms with van der Waals surface area (Å²) in [6, 6.07) is 5.15. The zero-order valence-corrected chi connectivity index (χ0v) is 16.2. The van der Waals surface area contributed by atoms with Gasteiger partial charge in [0.15, 0.2) is 5.84 Å². The van der Waals surface area contributed by atoms with E-state index in [4.69, 9.17) is 16.0 Å². The van der Waals surface area contributed by atoms with Gasteiger partial charge in [0.05, 0.1) is 11.0 Å². The lowest BCUT2D eigenvalue weighted by molar-refractivity contribution is 0.0189. The van der Waals surface area contributed by atoms with Crippen LogP contribution >= 0.6 is 0 Å². The molecule has 4 N–H and O–H groups in total. The van der Waals surface area contributed by atoms with Crippen LogP contribution in [0.3, 0.4) is 0 Å². The van der Waals surface area contributed by atoms with E-state index in [0.29, 0.717) is 37.0 Å². The van der Waals surface area contributed by atoms with E-state index in [0.717, 1.165) is 5.52 Å². The number of likely N-dealkylation sites (tertiary alicyclic amines) is 1. The maximum atomic E-state index is 12.5. The number of amides is 1. The molecule has 0 bridgehead atoms. The van der Waals surface area contributed by atoms with Crippen molar-refractivity contribution in [1.82, 2.24) is 14.5 Å². The number of nitrogens with one attached hydrogen (secondary N) is 2. The molecular weight excluding hydrogens is 362 g/mol. The van der Waals surface area contributed by atoms with E-state index < -0.39 is 5.60 Å². The first-order valence-corrected chi connectivity index (χ1v) is 9.11. The Morgan fingerprint density at radius 3 is 2.61 bits per heavy atom. The van der Waals surface area contributed by atoms with Crippen molar-refractivity contribution in [2.24, 2.45) is 16.2 Å². The maximum Gasteiger partial charge on any atom is 0.410 e. The molecule has 0 radical (unpaired) electrons. The summed E-state index contributed by atoms with van der Waals surface area (Å²) >= 11 is 0. The van der Waals surface area contributed by atoms with Gasteiger partial charge in [-0.1, -0.05) is 5.22 Å². The number of H-pyrrole nitrogens is 1. The lowest BCUT2D eigenvalue weighted by atomic mass is 10.0. The normalized spacial score (nSPS) is 16.0. The molecule has 150 valence electrons. The number of carbonyl (C=O) groups excluding carboxylic acids is 1. The highest BCUT2D eigenvalue weighted by Gasteiger charge is 2.29. The van der Waals surface area contributed by atoms with Gasteiger partial charge in [0.1, 0.15) is 5.60 Å². The molecule has 0 spiro atoms. The van der Waals surface area contributed by atoms with Crippen LogP contribution in [0, 0.1) is 5.41 Å². The van der Waals surface area contributed by atoms with Crippen LogP contribution in [0.5, 0.6) is 0 Å². The predicted molar refractivity (Wildman–Crippen MR) is 105 cm³/mol. The summed E-state index contributed by atoms with van der Waals surface area (Å²) in [7, 11) is 0. The highest BCUT2D eigenvalue weighted by Crippen LogP contribution is 2.26. The largest absolute Gasteiger partial charge is 0.444 e. The Bertz CT molecular complexity index is 975. The van der Waals surface area contributed by atoms with Gasteiger partial charge in [-0.15, -0.1) is 5.11 Å². The van der Waals surface area contributed by atoms with Gasteiger partial charge < -0.3 is 20.5 Å². The minimum absolute atomic E-state index is 0.0195. The van der Waals surface area contributed by atoms with Crippen molar-refractivity contribution in [3.8, 4) is 0 Å². The standard InChI is InChI=1S/C18H25N7O3/c1-18(2,3)28-17(27)24-8-6-12(7-9-24)25-14-5-4-11(15(19)22-23-20)10-13(14)21-16(25)26/h4-5,10,12H,6-9H2,1-3H3,(H,21,26)(H3,19,20,22). The first-order chi connectivity index (χ1) is 13.2. The van der Waals surface area contributed by atoms with Crippen molar-refractivity contribution >= 4 is 23.0 Å². The average Bonchev–Trinajstić information content (AvgIpc) is 2.95. The quantitative estimate of drug-likeness (QED) is 0.239. The SMILES string of the molecule is CC(C)(C)OC(=O)N1CCC(n2c(=O)[nH]c3cc(C(=N)N=NN)ccc32)CC1. The van der Waals surface area contributed by atoms with Gasteiger partial charge in [-0.2, -0.15) is 0 Å². The van der Waals surface area contributed by atoms with E-state index in [1.807, 2.05) is 20.8 Å². The van der Waals surface area contributed by atoms with Gasteiger partial charge in [0.2, 0.25) is 0 Å². The molecule has 1 aromatic heterocycles. The van der Waals surface area contributed by atoms with Crippen molar-refractivity contribution in [3.63, 3.8) is 0 Å². The molecule has 2 aromatic rings. The molecular formula is C18H25N7O3. The van der Waals surface area contributed by atoms with E-state index in [1.165, 1.54) is 0 Å². The molecule has 0 saturated carbocycles. The molecule has 2 heterocycles. The zero-order valence-electron chi connectivity index (χ0n) is 16.2. The summed E-state index contributed by atoms with van der Waals surface area (Å²) in [4.78, 5) is 29.3. The van der Waals surface area contributed by atoms with Crippen molar-refractivity contribution in [3.05, 3.63) is 34.2 Å². The molecule has 28 heavy (non-hydrogen) atoms. The number of hydrogen-bond acceptors (Lipinski definition) is 5. The minimum atomic E-state index is -0.531. The van der Waals surface area contributed by atoms with Crippen molar-refractivity contribution in [1.29, 1.82) is 5.41 Å². The number of nitrogens with two attached hydrogens (primary N) is 1. The smallest absolute Gasteiger partial charge is 0.410 e. The van der Waals surface area contributed by atoms with Crippen LogP contribution in [0.4, 0.5) is 4.79 Å². The second-order valence-electron chi connectivity index (χ2n) is 7.79. The van der Waals surface area contributed by atoms with Crippen LogP contribution in [0.25, 0.3) is 11.0 Å². The Morgan fingerprint density at radius 2 is 2.00 bits per heavy atom. The van der Waals surface area contributed by atoms with Crippen molar-refractivity contribution < 1.29 is 9.53 Å². The number of carbonyl (C=O) groups is 1. The highest BCUT2D eigenvalue weighted by molar-refractivity contribution is 5.99. The fourth-order valence-electron chi connectivity index (χ4n) is 3.39. The van der Waals surface area contributed by atoms with Crippen LogP contribution in [-0.2, 0) is 4.74 Å². The van der Waals surface area contributed by atoms with Crippen LogP contribution in [-0.4, -0.2) is 45.1 Å². The van der Waals surface area contributed by atoms with Crippen molar-refractivity contribution in [2.75, 3.05) is 13.1 Å². The molecule has 1 saturated heterocycles. The fraction of sp³-hybridized carbons (Fsp3) is 0.500. The number of amidine groups is 1. The highest BCUT2D eigenvalue weighted by atomic mass is 16.6. The molecule has 0 unspecified atom stereocenters. The second kappa shape index (κ2) is 7.45. The number of hydrogen-bond donors (Lipinski definition) is 3. The van der Waals surface area contributed by atoms with E-state index >= 15 is 0 Å². The second-order valence-corrected chi connectivity index (χ2v) is 7.79. The summed E-state index contributed by atoms with van der Waals surface area (Å²) in [5.74, 6) is 4.91. The van der Waals surface area contributed by atoms with Gasteiger partial charge >= 0.3 is 11.8 Å². The van der Waals surface area contributed by atoms with Gasteiger partial charge in [-0.05, 0) is 51.8 Å². The number of fused-ring (bicyclic) bond motifs is 1. The summed E-state index contributed by atoms with van der Waals surface area (Å²) in [6.07, 6.45) is 0.991. The minimum Gasteiger partial charge on any atom is -0.444 e. The van der Waals surface area contributed by atoms with Gasteiger partial charge in [0.25, 0.3) is 0 Å². The lowest BCUT2D eigenvalue weighted by Crippen LogP contribution is -2.43. The van der Waals surface area contributed by atoms with Gasteiger partial charge in [-0.25, -0.2) is 9.59 Å². The molecule has 3 rings (SSSR count). The predicted octanol–water partition coefficient (Wildman–Crippen LogP) is 2.55. The molecule has 10 nitrogen and oxygen atoms in total. The lowest BCUT2D eigenvalue weighted by Gasteiger charge is -2.33. The van der Waals surface area contributed by atoms with Crippen LogP contribution in [0.1, 0.15) is 45.2 Å². The number of aromatic nitrogens is 2. The molecule has 10 heteroatoms. The topological polar surface area (TPSA) is 142 Å². The van der Waals surface area contributed by atoms with E-state index in [-0.39, 0.29) is 23.7 Å². The van der Waals surface area contributed by atoms with E-state index in [1.54, 1.807) is 27.7 Å². The Morgan fingerprint density at radius 1 is 1.32 bits per heavy atom. The van der Waals surface area contributed by atoms with E-state index in [2.05, 4.69) is 15.3 Å². The Kier molecular flexibility index (Phi) is 5.21.